The molecule has 2 aliphatic rings. The maximum absolute atomic E-state index is 11.1. The van der Waals surface area contributed by atoms with E-state index >= 15 is 0 Å². The fourth-order valence-corrected chi connectivity index (χ4v) is 1.56. The number of amides is 1. The van der Waals surface area contributed by atoms with Gasteiger partial charge in [0, 0.05) is 0 Å². The zero-order valence-electron chi connectivity index (χ0n) is 6.15. The summed E-state index contributed by atoms with van der Waals surface area (Å²) in [6.07, 6.45) is 1.85. The van der Waals surface area contributed by atoms with Gasteiger partial charge in [-0.3, -0.25) is 4.79 Å². The number of hydrogen-bond acceptors (Lipinski definition) is 3. The van der Waals surface area contributed by atoms with Crippen LogP contribution in [0.2, 0.25) is 0 Å². The Labute approximate surface area is 64.1 Å². The minimum atomic E-state index is -0.187. The summed E-state index contributed by atoms with van der Waals surface area (Å²) in [5.41, 5.74) is 0. The van der Waals surface area contributed by atoms with Crippen molar-refractivity contribution in [3.63, 3.8) is 0 Å². The zero-order valence-corrected chi connectivity index (χ0v) is 6.15. The SMILES string of the molecule is COC1=C[C@@H]2[C@H]1C(=O)N2CO. The van der Waals surface area contributed by atoms with Crippen LogP contribution in [0.15, 0.2) is 11.8 Å². The lowest BCUT2D eigenvalue weighted by Crippen LogP contribution is -2.65. The van der Waals surface area contributed by atoms with Crippen LogP contribution in [-0.2, 0) is 9.53 Å². The minimum absolute atomic E-state index is 0.0307. The van der Waals surface area contributed by atoms with E-state index in [0.29, 0.717) is 0 Å². The van der Waals surface area contributed by atoms with Crippen LogP contribution < -0.4 is 0 Å². The third kappa shape index (κ3) is 0.599. The van der Waals surface area contributed by atoms with Crippen molar-refractivity contribution in [3.8, 4) is 0 Å². The monoisotopic (exact) mass is 155 g/mol. The van der Waals surface area contributed by atoms with E-state index in [-0.39, 0.29) is 24.6 Å². The van der Waals surface area contributed by atoms with Crippen LogP contribution in [0.4, 0.5) is 0 Å². The van der Waals surface area contributed by atoms with Crippen LogP contribution in [0.5, 0.6) is 0 Å². The van der Waals surface area contributed by atoms with Gasteiger partial charge in [-0.25, -0.2) is 0 Å². The Morgan fingerprint density at radius 1 is 1.82 bits per heavy atom. The summed E-state index contributed by atoms with van der Waals surface area (Å²) in [5, 5.41) is 8.67. The van der Waals surface area contributed by atoms with Gasteiger partial charge in [-0.05, 0) is 6.08 Å². The van der Waals surface area contributed by atoms with Crippen molar-refractivity contribution in [2.45, 2.75) is 6.04 Å². The van der Waals surface area contributed by atoms with Gasteiger partial charge in [-0.1, -0.05) is 0 Å². The Bertz CT molecular complexity index is 236. The molecule has 4 nitrogen and oxygen atoms in total. The topological polar surface area (TPSA) is 49.8 Å². The molecule has 0 saturated carbocycles. The summed E-state index contributed by atoms with van der Waals surface area (Å²) in [6, 6.07) is 0.0995. The van der Waals surface area contributed by atoms with E-state index in [1.807, 2.05) is 6.08 Å². The summed E-state index contributed by atoms with van der Waals surface area (Å²) >= 11 is 0. The molecule has 0 aromatic heterocycles. The van der Waals surface area contributed by atoms with Gasteiger partial charge in [0.25, 0.3) is 0 Å². The third-order valence-electron chi connectivity index (χ3n) is 2.28. The van der Waals surface area contributed by atoms with E-state index < -0.39 is 0 Å². The van der Waals surface area contributed by atoms with E-state index in [1.165, 1.54) is 4.90 Å². The molecule has 0 aromatic carbocycles. The van der Waals surface area contributed by atoms with Crippen LogP contribution in [0.1, 0.15) is 0 Å². The first kappa shape index (κ1) is 6.67. The van der Waals surface area contributed by atoms with Crippen molar-refractivity contribution in [1.29, 1.82) is 0 Å². The lowest BCUT2D eigenvalue weighted by atomic mass is 9.76. The first-order valence-electron chi connectivity index (χ1n) is 3.46. The number of carbonyl (C=O) groups is 1. The van der Waals surface area contributed by atoms with Crippen LogP contribution in [0.25, 0.3) is 0 Å². The molecule has 1 aliphatic carbocycles. The minimum Gasteiger partial charge on any atom is -0.500 e. The van der Waals surface area contributed by atoms with E-state index in [2.05, 4.69) is 0 Å². The summed E-state index contributed by atoms with van der Waals surface area (Å²) < 4.78 is 4.92. The number of fused-ring (bicyclic) bond motifs is 1. The molecule has 0 bridgehead atoms. The van der Waals surface area contributed by atoms with E-state index in [4.69, 9.17) is 9.84 Å². The number of ether oxygens (including phenoxy) is 1. The number of rotatable bonds is 2. The van der Waals surface area contributed by atoms with Crippen molar-refractivity contribution in [2.24, 2.45) is 5.92 Å². The molecular formula is C7H9NO3. The van der Waals surface area contributed by atoms with Crippen LogP contribution in [-0.4, -0.2) is 35.8 Å². The molecule has 1 fully saturated rings. The number of likely N-dealkylation sites (tertiary alicyclic amines) is 1. The summed E-state index contributed by atoms with van der Waals surface area (Å²) in [6.45, 7) is -0.187. The molecule has 60 valence electrons. The number of nitrogens with zero attached hydrogens (tertiary/aromatic N) is 1. The normalized spacial score (nSPS) is 33.5. The fourth-order valence-electron chi connectivity index (χ4n) is 1.56. The van der Waals surface area contributed by atoms with Gasteiger partial charge in [0.05, 0.1) is 13.2 Å². The number of aliphatic hydroxyl groups excluding tert-OH is 1. The Morgan fingerprint density at radius 2 is 2.55 bits per heavy atom. The largest absolute Gasteiger partial charge is 0.500 e. The highest BCUT2D eigenvalue weighted by molar-refractivity contribution is 5.91. The van der Waals surface area contributed by atoms with Crippen molar-refractivity contribution in [3.05, 3.63) is 11.8 Å². The molecule has 0 radical (unpaired) electrons. The first-order valence-corrected chi connectivity index (χ1v) is 3.46. The Kier molecular flexibility index (Phi) is 1.20. The molecule has 0 unspecified atom stereocenters. The molecule has 1 aliphatic heterocycles. The highest BCUT2D eigenvalue weighted by Crippen LogP contribution is 2.41. The second kappa shape index (κ2) is 1.98. The average Bonchev–Trinajstić information content (AvgIpc) is 1.96. The molecule has 1 heterocycles. The fraction of sp³-hybridized carbons (Fsp3) is 0.571. The molecule has 1 N–H and O–H groups in total. The molecule has 1 saturated heterocycles. The van der Waals surface area contributed by atoms with Gasteiger partial charge in [-0.2, -0.15) is 0 Å². The van der Waals surface area contributed by atoms with E-state index in [9.17, 15) is 4.79 Å². The van der Waals surface area contributed by atoms with Gasteiger partial charge in [0.1, 0.15) is 18.4 Å². The Balaban J connectivity index is 2.11. The average molecular weight is 155 g/mol. The van der Waals surface area contributed by atoms with Crippen molar-refractivity contribution in [2.75, 3.05) is 13.8 Å². The Morgan fingerprint density at radius 3 is 3.00 bits per heavy atom. The second-order valence-corrected chi connectivity index (χ2v) is 2.69. The van der Waals surface area contributed by atoms with Gasteiger partial charge in [-0.15, -0.1) is 0 Å². The van der Waals surface area contributed by atoms with Gasteiger partial charge in [0.2, 0.25) is 5.91 Å². The molecule has 2 atom stereocenters. The predicted octanol–water partition coefficient (Wildman–Crippen LogP) is -0.693. The lowest BCUT2D eigenvalue weighted by Gasteiger charge is -2.50. The smallest absolute Gasteiger partial charge is 0.238 e. The number of methoxy groups -OCH3 is 1. The van der Waals surface area contributed by atoms with Crippen molar-refractivity contribution < 1.29 is 14.6 Å². The number of aliphatic hydroxyl groups is 1. The summed E-state index contributed by atoms with van der Waals surface area (Å²) in [7, 11) is 1.55. The number of β-lactam (4-membered cyclic amide) rings is 1. The maximum Gasteiger partial charge on any atom is 0.238 e. The predicted molar refractivity (Wildman–Crippen MR) is 36.3 cm³/mol. The van der Waals surface area contributed by atoms with Crippen molar-refractivity contribution >= 4 is 5.91 Å². The highest BCUT2D eigenvalue weighted by atomic mass is 16.5. The van der Waals surface area contributed by atoms with Crippen LogP contribution >= 0.6 is 0 Å². The quantitative estimate of drug-likeness (QED) is 0.537. The van der Waals surface area contributed by atoms with Crippen molar-refractivity contribution in [1.82, 2.24) is 4.90 Å². The van der Waals surface area contributed by atoms with Gasteiger partial charge >= 0.3 is 0 Å². The molecular weight excluding hydrogens is 146 g/mol. The van der Waals surface area contributed by atoms with Crippen LogP contribution in [0.3, 0.4) is 0 Å². The third-order valence-corrected chi connectivity index (χ3v) is 2.28. The number of carbonyl (C=O) groups excluding carboxylic acids is 1. The molecule has 1 amide bonds. The maximum atomic E-state index is 11.1. The molecule has 2 rings (SSSR count). The van der Waals surface area contributed by atoms with E-state index in [1.54, 1.807) is 7.11 Å². The Hall–Kier alpha value is -1.03. The van der Waals surface area contributed by atoms with Gasteiger partial charge in [0.15, 0.2) is 0 Å². The lowest BCUT2D eigenvalue weighted by molar-refractivity contribution is -0.163. The van der Waals surface area contributed by atoms with E-state index in [0.717, 1.165) is 5.76 Å². The molecule has 11 heavy (non-hydrogen) atoms. The molecule has 4 heteroatoms. The molecule has 0 spiro atoms. The summed E-state index contributed by atoms with van der Waals surface area (Å²) in [4.78, 5) is 12.5. The number of hydrogen-bond donors (Lipinski definition) is 1. The standard InChI is InChI=1S/C7H9NO3/c1-11-5-2-4-6(5)7(10)8(4)3-9/h2,4,6,9H,3H2,1H3/t4-,6-/m1/s1. The molecule has 0 aromatic rings. The summed E-state index contributed by atoms with van der Waals surface area (Å²) in [5.74, 6) is 0.619. The van der Waals surface area contributed by atoms with Gasteiger partial charge < -0.3 is 14.7 Å². The second-order valence-electron chi connectivity index (χ2n) is 2.69. The zero-order chi connectivity index (χ0) is 8.01. The highest BCUT2D eigenvalue weighted by Gasteiger charge is 2.54. The first-order chi connectivity index (χ1) is 5.29. The van der Waals surface area contributed by atoms with Crippen LogP contribution in [0, 0.1) is 5.92 Å².